The van der Waals surface area contributed by atoms with Crippen LogP contribution in [0.15, 0.2) is 72.8 Å². The van der Waals surface area contributed by atoms with Gasteiger partial charge in [-0.2, -0.15) is 0 Å². The number of nitrogens with zero attached hydrogens (tertiary/aromatic N) is 1. The van der Waals surface area contributed by atoms with E-state index in [4.69, 9.17) is 9.72 Å². The normalized spacial score (nSPS) is 11.0. The number of benzene rings is 3. The van der Waals surface area contributed by atoms with E-state index >= 15 is 0 Å². The Morgan fingerprint density at radius 2 is 1.74 bits per heavy atom. The second-order valence-corrected chi connectivity index (χ2v) is 7.95. The minimum atomic E-state index is -0.140. The van der Waals surface area contributed by atoms with Crippen molar-refractivity contribution in [3.8, 4) is 17.0 Å². The first kappa shape index (κ1) is 20.6. The highest BCUT2D eigenvalue weighted by atomic mass is 16.5. The topological polar surface area (TPSA) is 51.2 Å². The molecular formula is C27H26N2O2. The molecule has 156 valence electrons. The maximum absolute atomic E-state index is 13.5. The van der Waals surface area contributed by atoms with Crippen molar-refractivity contribution in [1.82, 2.24) is 4.98 Å². The summed E-state index contributed by atoms with van der Waals surface area (Å²) in [5, 5.41) is 4.00. The van der Waals surface area contributed by atoms with E-state index in [1.54, 1.807) is 7.11 Å². The van der Waals surface area contributed by atoms with Gasteiger partial charge in [0.25, 0.3) is 5.91 Å². The summed E-state index contributed by atoms with van der Waals surface area (Å²) in [4.78, 5) is 18.3. The lowest BCUT2D eigenvalue weighted by molar-refractivity contribution is 0.102. The Labute approximate surface area is 182 Å². The van der Waals surface area contributed by atoms with Crippen LogP contribution in [0.1, 0.15) is 41.3 Å². The molecule has 1 amide bonds. The summed E-state index contributed by atoms with van der Waals surface area (Å²) >= 11 is 0. The van der Waals surface area contributed by atoms with Gasteiger partial charge >= 0.3 is 0 Å². The zero-order valence-electron chi connectivity index (χ0n) is 18.3. The van der Waals surface area contributed by atoms with Crippen molar-refractivity contribution >= 4 is 22.5 Å². The third-order valence-corrected chi connectivity index (χ3v) is 5.49. The zero-order valence-corrected chi connectivity index (χ0v) is 18.3. The molecule has 0 saturated heterocycles. The highest BCUT2D eigenvalue weighted by Gasteiger charge is 2.17. The number of methoxy groups -OCH3 is 1. The summed E-state index contributed by atoms with van der Waals surface area (Å²) in [6.07, 6.45) is 0. The van der Waals surface area contributed by atoms with Gasteiger partial charge in [0.05, 0.1) is 23.9 Å². The molecule has 4 aromatic rings. The van der Waals surface area contributed by atoms with Crippen LogP contribution in [-0.4, -0.2) is 18.0 Å². The first-order valence-corrected chi connectivity index (χ1v) is 10.4. The van der Waals surface area contributed by atoms with E-state index in [1.807, 2.05) is 73.7 Å². The van der Waals surface area contributed by atoms with Gasteiger partial charge in [0.1, 0.15) is 5.75 Å². The molecule has 4 rings (SSSR count). The standard InChI is InChI=1S/C27H26N2O2/c1-17(2)21-13-7-9-18(3)26(21)29-27(30)23-16-25(19-10-8-11-20(15-19)31-4)28-24-14-6-5-12-22(23)24/h5-17H,1-4H3,(H,29,30). The summed E-state index contributed by atoms with van der Waals surface area (Å²) < 4.78 is 5.36. The second-order valence-electron chi connectivity index (χ2n) is 7.95. The van der Waals surface area contributed by atoms with E-state index < -0.39 is 0 Å². The zero-order chi connectivity index (χ0) is 22.0. The van der Waals surface area contributed by atoms with E-state index in [0.29, 0.717) is 11.5 Å². The number of carbonyl (C=O) groups excluding carboxylic acids is 1. The third kappa shape index (κ3) is 4.15. The van der Waals surface area contributed by atoms with Gasteiger partial charge < -0.3 is 10.1 Å². The number of fused-ring (bicyclic) bond motifs is 1. The number of para-hydroxylation sites is 2. The molecular weight excluding hydrogens is 384 g/mol. The van der Waals surface area contributed by atoms with Crippen LogP contribution in [-0.2, 0) is 0 Å². The van der Waals surface area contributed by atoms with Crippen LogP contribution in [0.4, 0.5) is 5.69 Å². The quantitative estimate of drug-likeness (QED) is 0.403. The van der Waals surface area contributed by atoms with Crippen molar-refractivity contribution in [2.24, 2.45) is 0 Å². The molecule has 0 aliphatic rings. The van der Waals surface area contributed by atoms with Gasteiger partial charge in [0.15, 0.2) is 0 Å². The highest BCUT2D eigenvalue weighted by molar-refractivity contribution is 6.13. The van der Waals surface area contributed by atoms with E-state index in [0.717, 1.165) is 44.7 Å². The first-order chi connectivity index (χ1) is 15.0. The summed E-state index contributed by atoms with van der Waals surface area (Å²) in [7, 11) is 1.64. The molecule has 4 heteroatoms. The molecule has 0 atom stereocenters. The molecule has 1 heterocycles. The number of hydrogen-bond acceptors (Lipinski definition) is 3. The fraction of sp³-hybridized carbons (Fsp3) is 0.185. The van der Waals surface area contributed by atoms with Crippen LogP contribution < -0.4 is 10.1 Å². The number of nitrogens with one attached hydrogen (secondary N) is 1. The third-order valence-electron chi connectivity index (χ3n) is 5.49. The summed E-state index contributed by atoms with van der Waals surface area (Å²) in [5.41, 5.74) is 6.06. The molecule has 31 heavy (non-hydrogen) atoms. The Kier molecular flexibility index (Phi) is 5.72. The Balaban J connectivity index is 1.83. The number of rotatable bonds is 5. The number of ether oxygens (including phenoxy) is 1. The minimum Gasteiger partial charge on any atom is -0.497 e. The SMILES string of the molecule is COc1cccc(-c2cc(C(=O)Nc3c(C)cccc3C(C)C)c3ccccc3n2)c1. The van der Waals surface area contributed by atoms with E-state index in [9.17, 15) is 4.79 Å². The predicted octanol–water partition coefficient (Wildman–Crippen LogP) is 6.59. The van der Waals surface area contributed by atoms with Gasteiger partial charge in [0.2, 0.25) is 0 Å². The van der Waals surface area contributed by atoms with Crippen molar-refractivity contribution in [3.63, 3.8) is 0 Å². The molecule has 0 aliphatic carbocycles. The number of carbonyl (C=O) groups is 1. The van der Waals surface area contributed by atoms with Crippen molar-refractivity contribution in [2.75, 3.05) is 12.4 Å². The largest absolute Gasteiger partial charge is 0.497 e. The van der Waals surface area contributed by atoms with Crippen molar-refractivity contribution < 1.29 is 9.53 Å². The number of hydrogen-bond donors (Lipinski definition) is 1. The molecule has 0 unspecified atom stereocenters. The Morgan fingerprint density at radius 3 is 2.52 bits per heavy atom. The van der Waals surface area contributed by atoms with Crippen LogP contribution in [0, 0.1) is 6.92 Å². The van der Waals surface area contributed by atoms with Crippen LogP contribution >= 0.6 is 0 Å². The molecule has 0 fully saturated rings. The molecule has 0 saturated carbocycles. The maximum Gasteiger partial charge on any atom is 0.256 e. The van der Waals surface area contributed by atoms with E-state index in [1.165, 1.54) is 0 Å². The molecule has 3 aromatic carbocycles. The fourth-order valence-electron chi connectivity index (χ4n) is 3.82. The average molecular weight is 411 g/mol. The predicted molar refractivity (Wildman–Crippen MR) is 127 cm³/mol. The smallest absolute Gasteiger partial charge is 0.256 e. The lowest BCUT2D eigenvalue weighted by Crippen LogP contribution is -2.15. The van der Waals surface area contributed by atoms with Crippen LogP contribution in [0.3, 0.4) is 0 Å². The first-order valence-electron chi connectivity index (χ1n) is 10.4. The molecule has 0 spiro atoms. The molecule has 0 bridgehead atoms. The van der Waals surface area contributed by atoms with E-state index in [-0.39, 0.29) is 5.91 Å². The van der Waals surface area contributed by atoms with Gasteiger partial charge in [-0.1, -0.05) is 62.4 Å². The Morgan fingerprint density at radius 1 is 0.968 bits per heavy atom. The number of pyridine rings is 1. The van der Waals surface area contributed by atoms with Gasteiger partial charge in [-0.3, -0.25) is 4.79 Å². The fourth-order valence-corrected chi connectivity index (χ4v) is 3.82. The number of aromatic nitrogens is 1. The molecule has 1 N–H and O–H groups in total. The Bertz CT molecular complexity index is 1260. The molecule has 0 radical (unpaired) electrons. The number of amides is 1. The highest BCUT2D eigenvalue weighted by Crippen LogP contribution is 2.30. The lowest BCUT2D eigenvalue weighted by atomic mass is 9.97. The molecule has 0 aliphatic heterocycles. The number of anilines is 1. The minimum absolute atomic E-state index is 0.140. The molecule has 1 aromatic heterocycles. The van der Waals surface area contributed by atoms with Crippen molar-refractivity contribution in [2.45, 2.75) is 26.7 Å². The lowest BCUT2D eigenvalue weighted by Gasteiger charge is -2.17. The van der Waals surface area contributed by atoms with Gasteiger partial charge in [-0.05, 0) is 48.2 Å². The van der Waals surface area contributed by atoms with Crippen molar-refractivity contribution in [3.05, 3.63) is 89.5 Å². The summed E-state index contributed by atoms with van der Waals surface area (Å²) in [6, 6.07) is 23.4. The van der Waals surface area contributed by atoms with Crippen LogP contribution in [0.2, 0.25) is 0 Å². The molecule has 4 nitrogen and oxygen atoms in total. The average Bonchev–Trinajstić information content (AvgIpc) is 2.79. The summed E-state index contributed by atoms with van der Waals surface area (Å²) in [6.45, 7) is 6.29. The van der Waals surface area contributed by atoms with E-state index in [2.05, 4.69) is 25.2 Å². The summed E-state index contributed by atoms with van der Waals surface area (Å²) in [5.74, 6) is 0.913. The van der Waals surface area contributed by atoms with Crippen molar-refractivity contribution in [1.29, 1.82) is 0 Å². The van der Waals surface area contributed by atoms with Gasteiger partial charge in [0, 0.05) is 16.6 Å². The van der Waals surface area contributed by atoms with Gasteiger partial charge in [-0.25, -0.2) is 4.98 Å². The van der Waals surface area contributed by atoms with Crippen LogP contribution in [0.25, 0.3) is 22.2 Å². The Hall–Kier alpha value is -3.66. The van der Waals surface area contributed by atoms with Gasteiger partial charge in [-0.15, -0.1) is 0 Å². The van der Waals surface area contributed by atoms with Crippen LogP contribution in [0.5, 0.6) is 5.75 Å². The number of aryl methyl sites for hydroxylation is 1. The maximum atomic E-state index is 13.5. The second kappa shape index (κ2) is 8.60. The monoisotopic (exact) mass is 410 g/mol.